The van der Waals surface area contributed by atoms with Gasteiger partial charge in [0.05, 0.1) is 45.4 Å². The molecule has 0 radical (unpaired) electrons. The summed E-state index contributed by atoms with van der Waals surface area (Å²) in [4.78, 5) is 29.8. The minimum Gasteiger partial charge on any atom is -0.478 e. The zero-order chi connectivity index (χ0) is 38.4. The van der Waals surface area contributed by atoms with E-state index in [1.165, 1.54) is 69.1 Å². The van der Waals surface area contributed by atoms with E-state index < -0.39 is 5.97 Å². The molecule has 2 heterocycles. The van der Waals surface area contributed by atoms with Crippen LogP contribution in [0.15, 0.2) is 131 Å². The highest BCUT2D eigenvalue weighted by molar-refractivity contribution is 6.07. The fourth-order valence-electron chi connectivity index (χ4n) is 6.18. The first-order valence-corrected chi connectivity index (χ1v) is 17.2. The Balaban J connectivity index is 0.000000152. The number of carbonyl (C=O) groups is 2. The van der Waals surface area contributed by atoms with E-state index in [9.17, 15) is 9.59 Å². The van der Waals surface area contributed by atoms with Crippen LogP contribution in [-0.4, -0.2) is 29.0 Å². The van der Waals surface area contributed by atoms with Crippen LogP contribution in [0.5, 0.6) is 5.75 Å². The normalized spacial score (nSPS) is 12.1. The van der Waals surface area contributed by atoms with Crippen LogP contribution < -0.4 is 27.7 Å². The lowest BCUT2D eigenvalue weighted by atomic mass is 9.97. The van der Waals surface area contributed by atoms with Gasteiger partial charge in [0.1, 0.15) is 5.75 Å². The van der Waals surface area contributed by atoms with Crippen LogP contribution in [0.4, 0.5) is 34.1 Å². The summed E-state index contributed by atoms with van der Waals surface area (Å²) in [5.74, 6) is -0.823. The number of hydrogen-bond donors (Lipinski definition) is 5. The van der Waals surface area contributed by atoms with Gasteiger partial charge in [-0.3, -0.25) is 14.8 Å². The number of hydrogen-bond acceptors (Lipinski definition) is 9. The molecule has 0 aliphatic carbocycles. The van der Waals surface area contributed by atoms with Crippen LogP contribution >= 0.6 is 0 Å². The number of ether oxygens (including phenoxy) is 1. The third kappa shape index (κ3) is 8.63. The predicted molar refractivity (Wildman–Crippen MR) is 219 cm³/mol. The molecule has 8 rings (SSSR count). The van der Waals surface area contributed by atoms with Crippen molar-refractivity contribution in [3.05, 3.63) is 149 Å². The number of carboxylic acid groups (broad SMARTS) is 1. The van der Waals surface area contributed by atoms with Gasteiger partial charge in [-0.25, -0.2) is 4.79 Å². The molecule has 270 valence electrons. The molecule has 6 aromatic carbocycles. The van der Waals surface area contributed by atoms with Crippen molar-refractivity contribution in [1.82, 2.24) is 0 Å². The summed E-state index contributed by atoms with van der Waals surface area (Å²) in [6.45, 7) is 4.48. The van der Waals surface area contributed by atoms with Crippen molar-refractivity contribution in [1.29, 1.82) is 0 Å². The molecule has 0 unspecified atom stereocenters. The van der Waals surface area contributed by atoms with Crippen molar-refractivity contribution < 1.29 is 19.4 Å². The second-order valence-corrected chi connectivity index (χ2v) is 13.1. The third-order valence-electron chi connectivity index (χ3n) is 8.99. The quantitative estimate of drug-likeness (QED) is 0.0835. The summed E-state index contributed by atoms with van der Waals surface area (Å²) < 4.78 is 4.45. The molecule has 9 N–H and O–H groups in total. The number of aromatic carboxylic acids is 1. The van der Waals surface area contributed by atoms with Crippen LogP contribution in [0, 0.1) is 6.92 Å². The van der Waals surface area contributed by atoms with Gasteiger partial charge >= 0.3 is 5.97 Å². The molecule has 10 nitrogen and oxygen atoms in total. The molecular formula is C44H40N6O4. The SMILES string of the molecule is CC1=Nc2ccc(-c3ccc4c(c3)CC(c3cccc(C)c3)=N4)cc2C1.Nc1ccc(-c2ccc(N)c(N)c2)cc1N.O=COc1cccc(C(=O)O)c1. The van der Waals surface area contributed by atoms with Crippen molar-refractivity contribution in [2.45, 2.75) is 26.7 Å². The number of carbonyl (C=O) groups excluding carboxylic acids is 1. The lowest BCUT2D eigenvalue weighted by molar-refractivity contribution is -0.120. The Morgan fingerprint density at radius 1 is 0.611 bits per heavy atom. The van der Waals surface area contributed by atoms with Crippen LogP contribution in [0.2, 0.25) is 0 Å². The highest BCUT2D eigenvalue weighted by Crippen LogP contribution is 2.36. The second kappa shape index (κ2) is 16.0. The molecule has 10 heteroatoms. The van der Waals surface area contributed by atoms with Gasteiger partial charge in [-0.1, -0.05) is 60.2 Å². The Morgan fingerprint density at radius 2 is 1.17 bits per heavy atom. The van der Waals surface area contributed by atoms with Gasteiger partial charge in [0.15, 0.2) is 0 Å². The second-order valence-electron chi connectivity index (χ2n) is 13.1. The van der Waals surface area contributed by atoms with E-state index in [2.05, 4.69) is 84.2 Å². The molecular weight excluding hydrogens is 677 g/mol. The van der Waals surface area contributed by atoms with E-state index in [0.717, 1.165) is 35.3 Å². The monoisotopic (exact) mass is 716 g/mol. The Bertz CT molecular complexity index is 2400. The number of aliphatic imine (C=N–C) groups is 2. The number of rotatable bonds is 6. The van der Waals surface area contributed by atoms with E-state index in [-0.39, 0.29) is 17.8 Å². The van der Waals surface area contributed by atoms with Crippen molar-refractivity contribution >= 4 is 58.0 Å². The topological polar surface area (TPSA) is 192 Å². The van der Waals surface area contributed by atoms with E-state index in [1.807, 2.05) is 24.3 Å². The number of fused-ring (bicyclic) bond motifs is 2. The maximum Gasteiger partial charge on any atom is 0.335 e. The van der Waals surface area contributed by atoms with E-state index in [1.54, 1.807) is 12.1 Å². The van der Waals surface area contributed by atoms with Crippen molar-refractivity contribution in [2.24, 2.45) is 9.98 Å². The fourth-order valence-corrected chi connectivity index (χ4v) is 6.18. The first-order valence-electron chi connectivity index (χ1n) is 17.2. The third-order valence-corrected chi connectivity index (χ3v) is 8.99. The summed E-state index contributed by atoms with van der Waals surface area (Å²) in [7, 11) is 0. The Kier molecular flexibility index (Phi) is 10.8. The molecule has 54 heavy (non-hydrogen) atoms. The number of aryl methyl sites for hydroxylation is 1. The summed E-state index contributed by atoms with van der Waals surface area (Å²) >= 11 is 0. The van der Waals surface area contributed by atoms with Gasteiger partial charge in [-0.2, -0.15) is 0 Å². The van der Waals surface area contributed by atoms with Crippen molar-refractivity contribution in [2.75, 3.05) is 22.9 Å². The Morgan fingerprint density at radius 3 is 1.74 bits per heavy atom. The molecule has 0 atom stereocenters. The van der Waals surface area contributed by atoms with E-state index in [0.29, 0.717) is 22.7 Å². The molecule has 0 spiro atoms. The van der Waals surface area contributed by atoms with Crippen LogP contribution in [0.1, 0.15) is 39.5 Å². The number of anilines is 4. The zero-order valence-electron chi connectivity index (χ0n) is 29.9. The highest BCUT2D eigenvalue weighted by Gasteiger charge is 2.18. The summed E-state index contributed by atoms with van der Waals surface area (Å²) in [5, 5.41) is 8.53. The highest BCUT2D eigenvalue weighted by atomic mass is 16.5. The van der Waals surface area contributed by atoms with Gasteiger partial charge in [-0.05, 0) is 120 Å². The average Bonchev–Trinajstić information content (AvgIpc) is 3.77. The average molecular weight is 717 g/mol. The molecule has 0 aromatic heterocycles. The summed E-state index contributed by atoms with van der Waals surface area (Å²) in [6, 6.07) is 38.5. The van der Waals surface area contributed by atoms with E-state index >= 15 is 0 Å². The Labute approximate surface area is 313 Å². The number of carboxylic acids is 1. The first-order chi connectivity index (χ1) is 26.0. The van der Waals surface area contributed by atoms with Crippen LogP contribution in [0.3, 0.4) is 0 Å². The number of nitrogens with two attached hydrogens (primary N) is 4. The van der Waals surface area contributed by atoms with Gasteiger partial charge in [-0.15, -0.1) is 0 Å². The molecule has 0 saturated heterocycles. The lowest BCUT2D eigenvalue weighted by Gasteiger charge is -2.07. The standard InChI is InChI=1S/C24H20N2.C12H14N4.C8H6O4/c1-15-4-3-5-19(10-15)24-14-21-13-18(7-9-23(21)26-24)17-6-8-22-20(12-17)11-16(2)25-22;13-9-3-1-7(5-11(9)15)8-2-4-10(14)12(16)6-8;9-5-12-7-3-1-2-6(4-7)8(10)11/h3-10,12-13H,11,14H2,1-2H3;1-6H,13-16H2;1-5H,(H,10,11). The molecule has 2 aliphatic rings. The Hall–Kier alpha value is -7.20. The van der Waals surface area contributed by atoms with Crippen molar-refractivity contribution in [3.8, 4) is 28.0 Å². The van der Waals surface area contributed by atoms with Gasteiger partial charge in [0, 0.05) is 18.6 Å². The zero-order valence-corrected chi connectivity index (χ0v) is 29.9. The van der Waals surface area contributed by atoms with E-state index in [4.69, 9.17) is 33.0 Å². The number of nitrogen functional groups attached to an aromatic ring is 4. The molecule has 0 saturated carbocycles. The predicted octanol–water partition coefficient (Wildman–Crippen LogP) is 8.59. The largest absolute Gasteiger partial charge is 0.478 e. The minimum absolute atomic E-state index is 0.0920. The van der Waals surface area contributed by atoms with Gasteiger partial charge in [0.25, 0.3) is 6.47 Å². The lowest BCUT2D eigenvalue weighted by Crippen LogP contribution is -2.00. The first kappa shape index (κ1) is 36.6. The van der Waals surface area contributed by atoms with Gasteiger partial charge < -0.3 is 32.8 Å². The molecule has 2 aliphatic heterocycles. The molecule has 6 aromatic rings. The summed E-state index contributed by atoms with van der Waals surface area (Å²) in [6.07, 6.45) is 1.87. The van der Waals surface area contributed by atoms with Crippen LogP contribution in [-0.2, 0) is 17.6 Å². The fraction of sp³-hybridized carbons (Fsp3) is 0.0909. The van der Waals surface area contributed by atoms with Crippen LogP contribution in [0.25, 0.3) is 22.3 Å². The number of nitrogens with zero attached hydrogens (tertiary/aromatic N) is 2. The molecule has 0 bridgehead atoms. The molecule has 0 amide bonds. The number of benzene rings is 6. The van der Waals surface area contributed by atoms with Gasteiger partial charge in [0.2, 0.25) is 0 Å². The summed E-state index contributed by atoms with van der Waals surface area (Å²) in [5.41, 5.74) is 39.4. The smallest absolute Gasteiger partial charge is 0.335 e. The minimum atomic E-state index is -1.05. The maximum atomic E-state index is 10.4. The maximum absolute atomic E-state index is 10.4. The molecule has 0 fully saturated rings. The van der Waals surface area contributed by atoms with Crippen molar-refractivity contribution in [3.63, 3.8) is 0 Å².